The van der Waals surface area contributed by atoms with Crippen LogP contribution >= 0.6 is 0 Å². The Morgan fingerprint density at radius 3 is 2.72 bits per heavy atom. The summed E-state index contributed by atoms with van der Waals surface area (Å²) in [6, 6.07) is 0. The number of hydrogen-bond acceptors (Lipinski definition) is 6. The van der Waals surface area contributed by atoms with E-state index in [1.165, 1.54) is 6.26 Å². The van der Waals surface area contributed by atoms with Gasteiger partial charge >= 0.3 is 0 Å². The zero-order valence-electron chi connectivity index (χ0n) is 10.9. The number of nitrogens with one attached hydrogen (secondary N) is 1. The first-order chi connectivity index (χ1) is 8.33. The molecule has 18 heavy (non-hydrogen) atoms. The zero-order valence-corrected chi connectivity index (χ0v) is 11.7. The van der Waals surface area contributed by atoms with Gasteiger partial charge in [-0.2, -0.15) is 4.98 Å². The van der Waals surface area contributed by atoms with Crippen LogP contribution in [0.4, 0.5) is 0 Å². The number of rotatable bonds is 4. The summed E-state index contributed by atoms with van der Waals surface area (Å²) in [5, 5.41) is 7.08. The molecule has 1 atom stereocenters. The molecule has 102 valence electrons. The Bertz CT molecular complexity index is 515. The first kappa shape index (κ1) is 13.5. The van der Waals surface area contributed by atoms with E-state index >= 15 is 0 Å². The molecule has 1 aromatic rings. The Kier molecular flexibility index (Phi) is 3.46. The van der Waals surface area contributed by atoms with E-state index in [1.807, 2.05) is 0 Å². The molecule has 0 amide bonds. The van der Waals surface area contributed by atoms with E-state index in [4.69, 9.17) is 4.52 Å². The SMILES string of the molecule is CC(C)C1(c2nc(CS(C)(=O)=O)no2)CCNC1. The van der Waals surface area contributed by atoms with Crippen molar-refractivity contribution in [1.82, 2.24) is 15.5 Å². The molecule has 1 unspecified atom stereocenters. The summed E-state index contributed by atoms with van der Waals surface area (Å²) < 4.78 is 27.7. The van der Waals surface area contributed by atoms with Crippen LogP contribution in [0.1, 0.15) is 32.0 Å². The van der Waals surface area contributed by atoms with Crippen molar-refractivity contribution in [1.29, 1.82) is 0 Å². The van der Waals surface area contributed by atoms with Crippen molar-refractivity contribution in [3.8, 4) is 0 Å². The molecular formula is C11H19N3O3S. The van der Waals surface area contributed by atoms with Gasteiger partial charge in [0.2, 0.25) is 5.89 Å². The average molecular weight is 273 g/mol. The highest BCUT2D eigenvalue weighted by Gasteiger charge is 2.43. The van der Waals surface area contributed by atoms with Crippen molar-refractivity contribution < 1.29 is 12.9 Å². The van der Waals surface area contributed by atoms with Gasteiger partial charge in [-0.25, -0.2) is 8.42 Å². The van der Waals surface area contributed by atoms with Crippen LogP contribution in [0.25, 0.3) is 0 Å². The topological polar surface area (TPSA) is 85.1 Å². The molecule has 1 aromatic heterocycles. The maximum absolute atomic E-state index is 11.2. The summed E-state index contributed by atoms with van der Waals surface area (Å²) in [5.41, 5.74) is -0.164. The molecule has 0 radical (unpaired) electrons. The van der Waals surface area contributed by atoms with E-state index in [2.05, 4.69) is 29.3 Å². The summed E-state index contributed by atoms with van der Waals surface area (Å²) in [5.74, 6) is 0.998. The zero-order chi connectivity index (χ0) is 13.4. The summed E-state index contributed by atoms with van der Waals surface area (Å²) in [6.07, 6.45) is 2.10. The first-order valence-electron chi connectivity index (χ1n) is 6.05. The molecule has 0 spiro atoms. The third kappa shape index (κ3) is 2.56. The van der Waals surface area contributed by atoms with Crippen molar-refractivity contribution in [2.45, 2.75) is 31.4 Å². The third-order valence-electron chi connectivity index (χ3n) is 3.58. The number of sulfone groups is 1. The number of hydrogen-bond donors (Lipinski definition) is 1. The second kappa shape index (κ2) is 4.62. The quantitative estimate of drug-likeness (QED) is 0.860. The van der Waals surface area contributed by atoms with Crippen LogP contribution in [0.15, 0.2) is 4.52 Å². The van der Waals surface area contributed by atoms with Gasteiger partial charge in [0.25, 0.3) is 0 Å². The lowest BCUT2D eigenvalue weighted by molar-refractivity contribution is 0.234. The molecule has 1 saturated heterocycles. The van der Waals surface area contributed by atoms with Gasteiger partial charge in [0.15, 0.2) is 15.7 Å². The molecule has 0 aliphatic carbocycles. The first-order valence-corrected chi connectivity index (χ1v) is 8.11. The van der Waals surface area contributed by atoms with Crippen molar-refractivity contribution in [3.63, 3.8) is 0 Å². The van der Waals surface area contributed by atoms with Crippen LogP contribution in [0.5, 0.6) is 0 Å². The van der Waals surface area contributed by atoms with E-state index in [9.17, 15) is 8.42 Å². The molecule has 2 rings (SSSR count). The molecule has 1 aliphatic heterocycles. The fourth-order valence-electron chi connectivity index (χ4n) is 2.38. The minimum Gasteiger partial charge on any atom is -0.339 e. The fourth-order valence-corrected chi connectivity index (χ4v) is 2.97. The van der Waals surface area contributed by atoms with Crippen LogP contribution in [-0.2, 0) is 21.0 Å². The lowest BCUT2D eigenvalue weighted by Crippen LogP contribution is -2.35. The normalized spacial score (nSPS) is 24.9. The Hall–Kier alpha value is -0.950. The van der Waals surface area contributed by atoms with Gasteiger partial charge < -0.3 is 9.84 Å². The Morgan fingerprint density at radius 2 is 2.22 bits per heavy atom. The Morgan fingerprint density at radius 1 is 1.50 bits per heavy atom. The summed E-state index contributed by atoms with van der Waals surface area (Å²) >= 11 is 0. The van der Waals surface area contributed by atoms with Gasteiger partial charge in [-0.3, -0.25) is 0 Å². The van der Waals surface area contributed by atoms with E-state index in [-0.39, 0.29) is 17.0 Å². The molecule has 7 heteroatoms. The predicted molar refractivity (Wildman–Crippen MR) is 66.8 cm³/mol. The highest BCUT2D eigenvalue weighted by Crippen LogP contribution is 2.36. The second-order valence-electron chi connectivity index (χ2n) is 5.32. The van der Waals surface area contributed by atoms with Crippen LogP contribution in [0.3, 0.4) is 0 Å². The maximum atomic E-state index is 11.2. The fraction of sp³-hybridized carbons (Fsp3) is 0.818. The second-order valence-corrected chi connectivity index (χ2v) is 7.46. The number of nitrogens with zero attached hydrogens (tertiary/aromatic N) is 2. The van der Waals surface area contributed by atoms with Gasteiger partial charge in [-0.1, -0.05) is 19.0 Å². The minimum atomic E-state index is -3.13. The Labute approximate surface area is 107 Å². The summed E-state index contributed by atoms with van der Waals surface area (Å²) in [6.45, 7) is 5.95. The van der Waals surface area contributed by atoms with E-state index in [1.54, 1.807) is 0 Å². The molecule has 6 nitrogen and oxygen atoms in total. The molecule has 1 fully saturated rings. The standard InChI is InChI=1S/C11H19N3O3S/c1-8(2)11(4-5-12-7-11)10-13-9(14-17-10)6-18(3,15)16/h8,12H,4-7H2,1-3H3. The molecule has 0 bridgehead atoms. The molecule has 2 heterocycles. The van der Waals surface area contributed by atoms with Crippen molar-refractivity contribution in [3.05, 3.63) is 11.7 Å². The predicted octanol–water partition coefficient (Wildman–Crippen LogP) is 0.501. The van der Waals surface area contributed by atoms with Crippen molar-refractivity contribution >= 4 is 9.84 Å². The Balaban J connectivity index is 2.28. The van der Waals surface area contributed by atoms with Crippen molar-refractivity contribution in [2.24, 2.45) is 5.92 Å². The van der Waals surface area contributed by atoms with Crippen LogP contribution in [-0.4, -0.2) is 37.9 Å². The summed E-state index contributed by atoms with van der Waals surface area (Å²) in [7, 11) is -3.13. The van der Waals surface area contributed by atoms with E-state index in [0.29, 0.717) is 11.8 Å². The van der Waals surface area contributed by atoms with Gasteiger partial charge in [-0.05, 0) is 18.9 Å². The highest BCUT2D eigenvalue weighted by molar-refractivity contribution is 7.89. The van der Waals surface area contributed by atoms with E-state index in [0.717, 1.165) is 19.5 Å². The molecule has 0 saturated carbocycles. The lowest BCUT2D eigenvalue weighted by atomic mass is 9.76. The lowest BCUT2D eigenvalue weighted by Gasteiger charge is -2.27. The molecule has 1 aliphatic rings. The van der Waals surface area contributed by atoms with Gasteiger partial charge in [-0.15, -0.1) is 0 Å². The monoisotopic (exact) mass is 273 g/mol. The smallest absolute Gasteiger partial charge is 0.234 e. The van der Waals surface area contributed by atoms with Crippen molar-refractivity contribution in [2.75, 3.05) is 19.3 Å². The van der Waals surface area contributed by atoms with Crippen LogP contribution < -0.4 is 5.32 Å². The molecular weight excluding hydrogens is 254 g/mol. The van der Waals surface area contributed by atoms with E-state index < -0.39 is 9.84 Å². The van der Waals surface area contributed by atoms with Crippen LogP contribution in [0.2, 0.25) is 0 Å². The number of aromatic nitrogens is 2. The largest absolute Gasteiger partial charge is 0.339 e. The summed E-state index contributed by atoms with van der Waals surface area (Å²) in [4.78, 5) is 4.27. The van der Waals surface area contributed by atoms with Gasteiger partial charge in [0, 0.05) is 12.8 Å². The maximum Gasteiger partial charge on any atom is 0.234 e. The van der Waals surface area contributed by atoms with Gasteiger partial charge in [0.05, 0.1) is 5.41 Å². The van der Waals surface area contributed by atoms with Crippen LogP contribution in [0, 0.1) is 5.92 Å². The third-order valence-corrected chi connectivity index (χ3v) is 4.36. The van der Waals surface area contributed by atoms with Gasteiger partial charge in [0.1, 0.15) is 5.75 Å². The highest BCUT2D eigenvalue weighted by atomic mass is 32.2. The average Bonchev–Trinajstić information content (AvgIpc) is 2.82. The molecule has 0 aromatic carbocycles. The minimum absolute atomic E-state index is 0.164. The molecule has 1 N–H and O–H groups in total.